The number of urea groups is 1. The number of nitrogens with one attached hydrogen (secondary N) is 2. The predicted octanol–water partition coefficient (Wildman–Crippen LogP) is 4.23. The van der Waals surface area contributed by atoms with Gasteiger partial charge in [0.05, 0.1) is 6.33 Å². The SMILES string of the molecule is O=C(CCn1ccnc1)Nc1cccc(NC(=O)N2CC=C(c3ccccc3)CC2)c1. The van der Waals surface area contributed by atoms with Crippen LogP contribution in [0, 0.1) is 0 Å². The van der Waals surface area contributed by atoms with Gasteiger partial charge in [-0.1, -0.05) is 42.5 Å². The Balaban J connectivity index is 1.30. The van der Waals surface area contributed by atoms with Crippen LogP contribution >= 0.6 is 0 Å². The number of anilines is 2. The van der Waals surface area contributed by atoms with E-state index >= 15 is 0 Å². The van der Waals surface area contributed by atoms with Crippen molar-refractivity contribution in [1.29, 1.82) is 0 Å². The number of amides is 3. The van der Waals surface area contributed by atoms with Gasteiger partial charge >= 0.3 is 6.03 Å². The zero-order chi connectivity index (χ0) is 21.5. The Hall–Kier alpha value is -3.87. The molecule has 158 valence electrons. The minimum Gasteiger partial charge on any atom is -0.337 e. The summed E-state index contributed by atoms with van der Waals surface area (Å²) in [5.74, 6) is -0.0909. The molecule has 0 saturated carbocycles. The second kappa shape index (κ2) is 9.75. The van der Waals surface area contributed by atoms with Gasteiger partial charge in [0.1, 0.15) is 0 Å². The quantitative estimate of drug-likeness (QED) is 0.632. The lowest BCUT2D eigenvalue weighted by molar-refractivity contribution is -0.116. The summed E-state index contributed by atoms with van der Waals surface area (Å²) in [7, 11) is 0. The predicted molar refractivity (Wildman–Crippen MR) is 122 cm³/mol. The van der Waals surface area contributed by atoms with Crippen LogP contribution in [0.15, 0.2) is 79.4 Å². The van der Waals surface area contributed by atoms with E-state index in [-0.39, 0.29) is 11.9 Å². The molecule has 0 radical (unpaired) electrons. The average Bonchev–Trinajstić information content (AvgIpc) is 3.32. The van der Waals surface area contributed by atoms with Gasteiger partial charge in [-0.05, 0) is 35.8 Å². The molecule has 0 fully saturated rings. The highest BCUT2D eigenvalue weighted by Crippen LogP contribution is 2.23. The number of rotatable bonds is 6. The Morgan fingerprint density at radius 3 is 2.52 bits per heavy atom. The first kappa shape index (κ1) is 20.4. The fraction of sp³-hybridized carbons (Fsp3) is 0.208. The molecule has 0 unspecified atom stereocenters. The lowest BCUT2D eigenvalue weighted by Gasteiger charge is -2.27. The summed E-state index contributed by atoms with van der Waals surface area (Å²) in [5, 5.41) is 5.80. The van der Waals surface area contributed by atoms with E-state index < -0.39 is 0 Å². The number of aryl methyl sites for hydroxylation is 1. The Morgan fingerprint density at radius 2 is 1.81 bits per heavy atom. The van der Waals surface area contributed by atoms with E-state index in [2.05, 4.69) is 33.8 Å². The van der Waals surface area contributed by atoms with Crippen LogP contribution < -0.4 is 10.6 Å². The molecule has 2 aromatic carbocycles. The van der Waals surface area contributed by atoms with Gasteiger partial charge in [-0.3, -0.25) is 4.79 Å². The molecule has 3 aromatic rings. The molecule has 0 aliphatic carbocycles. The molecule has 0 spiro atoms. The zero-order valence-electron chi connectivity index (χ0n) is 17.2. The van der Waals surface area contributed by atoms with Crippen molar-refractivity contribution in [2.24, 2.45) is 0 Å². The van der Waals surface area contributed by atoms with Crippen LogP contribution in [0.5, 0.6) is 0 Å². The average molecular weight is 415 g/mol. The summed E-state index contributed by atoms with van der Waals surface area (Å²) in [6.07, 6.45) is 8.46. The van der Waals surface area contributed by atoms with Crippen molar-refractivity contribution < 1.29 is 9.59 Å². The summed E-state index contributed by atoms with van der Waals surface area (Å²) in [5.41, 5.74) is 3.78. The van der Waals surface area contributed by atoms with Crippen LogP contribution in [-0.4, -0.2) is 39.5 Å². The van der Waals surface area contributed by atoms with Gasteiger partial charge in [-0.15, -0.1) is 0 Å². The Kier molecular flexibility index (Phi) is 6.42. The van der Waals surface area contributed by atoms with Gasteiger partial charge in [0.25, 0.3) is 0 Å². The van der Waals surface area contributed by atoms with Crippen molar-refractivity contribution >= 4 is 28.9 Å². The van der Waals surface area contributed by atoms with Gasteiger partial charge in [-0.2, -0.15) is 0 Å². The monoisotopic (exact) mass is 415 g/mol. The number of hydrogen-bond acceptors (Lipinski definition) is 3. The van der Waals surface area contributed by atoms with Crippen LogP contribution in [0.1, 0.15) is 18.4 Å². The summed E-state index contributed by atoms with van der Waals surface area (Å²) in [6, 6.07) is 17.3. The molecule has 3 amide bonds. The Labute approximate surface area is 181 Å². The van der Waals surface area contributed by atoms with Crippen molar-refractivity contribution in [2.45, 2.75) is 19.4 Å². The van der Waals surface area contributed by atoms with Gasteiger partial charge in [-0.25, -0.2) is 9.78 Å². The van der Waals surface area contributed by atoms with Crippen molar-refractivity contribution in [3.63, 3.8) is 0 Å². The Bertz CT molecular complexity index is 1060. The third kappa shape index (κ3) is 5.60. The van der Waals surface area contributed by atoms with E-state index in [4.69, 9.17) is 0 Å². The number of hydrogen-bond donors (Lipinski definition) is 2. The summed E-state index contributed by atoms with van der Waals surface area (Å²) < 4.78 is 1.85. The van der Waals surface area contributed by atoms with E-state index in [0.717, 1.165) is 6.42 Å². The van der Waals surface area contributed by atoms with Crippen molar-refractivity contribution in [3.8, 4) is 0 Å². The Morgan fingerprint density at radius 1 is 1.00 bits per heavy atom. The van der Waals surface area contributed by atoms with E-state index in [9.17, 15) is 9.59 Å². The smallest absolute Gasteiger partial charge is 0.322 e. The van der Waals surface area contributed by atoms with Gasteiger partial charge in [0.15, 0.2) is 0 Å². The molecule has 0 bridgehead atoms. The standard InChI is InChI=1S/C24H25N5O2/c30-23(11-13-28-16-12-25-18-28)26-21-7-4-8-22(17-21)27-24(31)29-14-9-20(10-15-29)19-5-2-1-3-6-19/h1-9,12,16-18H,10-11,13-15H2,(H,26,30)(H,27,31). The maximum atomic E-state index is 12.7. The molecule has 7 heteroatoms. The fourth-order valence-corrected chi connectivity index (χ4v) is 3.52. The second-order valence-corrected chi connectivity index (χ2v) is 7.40. The first-order valence-electron chi connectivity index (χ1n) is 10.3. The molecule has 2 heterocycles. The summed E-state index contributed by atoms with van der Waals surface area (Å²) >= 11 is 0. The molecule has 0 saturated heterocycles. The van der Waals surface area contributed by atoms with Crippen LogP contribution in [-0.2, 0) is 11.3 Å². The van der Waals surface area contributed by atoms with E-state index in [1.54, 1.807) is 29.6 Å². The molecule has 7 nitrogen and oxygen atoms in total. The van der Waals surface area contributed by atoms with Gasteiger partial charge in [0, 0.05) is 49.8 Å². The van der Waals surface area contributed by atoms with Crippen molar-refractivity contribution in [3.05, 3.63) is 85.0 Å². The van der Waals surface area contributed by atoms with E-state index in [1.807, 2.05) is 41.1 Å². The lowest BCUT2D eigenvalue weighted by Crippen LogP contribution is -2.37. The number of carbonyl (C=O) groups is 2. The van der Waals surface area contributed by atoms with E-state index in [1.165, 1.54) is 11.1 Å². The van der Waals surface area contributed by atoms with Crippen LogP contribution in [0.25, 0.3) is 5.57 Å². The highest BCUT2D eigenvalue weighted by molar-refractivity contribution is 5.93. The highest BCUT2D eigenvalue weighted by atomic mass is 16.2. The van der Waals surface area contributed by atoms with Crippen LogP contribution in [0.2, 0.25) is 0 Å². The van der Waals surface area contributed by atoms with Crippen molar-refractivity contribution in [1.82, 2.24) is 14.5 Å². The molecular formula is C24H25N5O2. The third-order valence-electron chi connectivity index (χ3n) is 5.19. The number of carbonyl (C=O) groups excluding carboxylic acids is 2. The minimum absolute atomic E-state index is 0.0909. The first-order valence-corrected chi connectivity index (χ1v) is 10.3. The zero-order valence-corrected chi connectivity index (χ0v) is 17.2. The number of benzene rings is 2. The summed E-state index contributed by atoms with van der Waals surface area (Å²) in [6.45, 7) is 1.80. The molecule has 0 atom stereocenters. The third-order valence-corrected chi connectivity index (χ3v) is 5.19. The maximum Gasteiger partial charge on any atom is 0.322 e. The minimum atomic E-state index is -0.146. The van der Waals surface area contributed by atoms with Gasteiger partial charge in [0.2, 0.25) is 5.91 Å². The first-order chi connectivity index (χ1) is 15.2. The largest absolute Gasteiger partial charge is 0.337 e. The molecule has 1 aromatic heterocycles. The second-order valence-electron chi connectivity index (χ2n) is 7.40. The lowest BCUT2D eigenvalue weighted by atomic mass is 10.00. The molecule has 1 aliphatic rings. The fourth-order valence-electron chi connectivity index (χ4n) is 3.52. The summed E-state index contributed by atoms with van der Waals surface area (Å²) in [4.78, 5) is 30.6. The topological polar surface area (TPSA) is 79.3 Å². The normalized spacial score (nSPS) is 13.4. The highest BCUT2D eigenvalue weighted by Gasteiger charge is 2.18. The van der Waals surface area contributed by atoms with Gasteiger partial charge < -0.3 is 20.1 Å². The molecule has 2 N–H and O–H groups in total. The molecule has 4 rings (SSSR count). The van der Waals surface area contributed by atoms with Crippen LogP contribution in [0.4, 0.5) is 16.2 Å². The number of aromatic nitrogens is 2. The number of nitrogens with zero attached hydrogens (tertiary/aromatic N) is 3. The molecular weight excluding hydrogens is 390 g/mol. The van der Waals surface area contributed by atoms with Crippen molar-refractivity contribution in [2.75, 3.05) is 23.7 Å². The van der Waals surface area contributed by atoms with Crippen LogP contribution in [0.3, 0.4) is 0 Å². The van der Waals surface area contributed by atoms with E-state index in [0.29, 0.717) is 37.4 Å². The molecule has 31 heavy (non-hydrogen) atoms. The number of imidazole rings is 1. The molecule has 1 aliphatic heterocycles. The maximum absolute atomic E-state index is 12.7.